The fourth-order valence-corrected chi connectivity index (χ4v) is 3.49. The molecule has 0 bridgehead atoms. The van der Waals surface area contributed by atoms with Gasteiger partial charge in [0.15, 0.2) is 0 Å². The molecule has 0 aromatic heterocycles. The minimum atomic E-state index is -0.0231. The van der Waals surface area contributed by atoms with Gasteiger partial charge in [0, 0.05) is 19.5 Å². The lowest BCUT2D eigenvalue weighted by atomic mass is 9.90. The van der Waals surface area contributed by atoms with E-state index in [0.717, 1.165) is 58.0 Å². The number of rotatable bonds is 10. The normalized spacial score (nSPS) is 14.5. The fraction of sp³-hybridized carbons (Fsp3) is 0.619. The van der Waals surface area contributed by atoms with Crippen molar-refractivity contribution in [3.63, 3.8) is 0 Å². The minimum absolute atomic E-state index is 0. The van der Waals surface area contributed by atoms with E-state index in [1.807, 2.05) is 11.0 Å². The van der Waals surface area contributed by atoms with E-state index >= 15 is 0 Å². The van der Waals surface area contributed by atoms with Crippen molar-refractivity contribution in [3.05, 3.63) is 35.9 Å². The number of benzene rings is 1. The van der Waals surface area contributed by atoms with E-state index in [9.17, 15) is 9.59 Å². The zero-order valence-electron chi connectivity index (χ0n) is 16.2. The third-order valence-corrected chi connectivity index (χ3v) is 5.13. The molecule has 0 atom stereocenters. The second-order valence-electron chi connectivity index (χ2n) is 7.24. The zero-order chi connectivity index (χ0) is 18.6. The minimum Gasteiger partial charge on any atom is -0.347 e. The summed E-state index contributed by atoms with van der Waals surface area (Å²) < 4.78 is 0. The Morgan fingerprint density at radius 2 is 1.70 bits per heavy atom. The summed E-state index contributed by atoms with van der Waals surface area (Å²) in [5, 5.41) is 2.77. The maximum atomic E-state index is 12.3. The summed E-state index contributed by atoms with van der Waals surface area (Å²) in [7, 11) is 0. The second-order valence-corrected chi connectivity index (χ2v) is 7.24. The van der Waals surface area contributed by atoms with Crippen LogP contribution >= 0.6 is 12.4 Å². The molecule has 2 rings (SSSR count). The van der Waals surface area contributed by atoms with Crippen LogP contribution < -0.4 is 11.1 Å². The lowest BCUT2D eigenvalue weighted by molar-refractivity contribution is -0.134. The Labute approximate surface area is 169 Å². The van der Waals surface area contributed by atoms with Crippen LogP contribution in [-0.2, 0) is 16.0 Å². The van der Waals surface area contributed by atoms with Crippen LogP contribution in [-0.4, -0.2) is 42.9 Å². The van der Waals surface area contributed by atoms with Gasteiger partial charge in [-0.3, -0.25) is 9.59 Å². The number of likely N-dealkylation sites (tertiary alicyclic amines) is 1. The van der Waals surface area contributed by atoms with Gasteiger partial charge in [0.25, 0.3) is 0 Å². The van der Waals surface area contributed by atoms with Crippen LogP contribution in [0.15, 0.2) is 30.3 Å². The predicted molar refractivity (Wildman–Crippen MR) is 112 cm³/mol. The van der Waals surface area contributed by atoms with Gasteiger partial charge in [-0.15, -0.1) is 12.4 Å². The van der Waals surface area contributed by atoms with Crippen LogP contribution in [0.5, 0.6) is 0 Å². The summed E-state index contributed by atoms with van der Waals surface area (Å²) in [6, 6.07) is 10.5. The summed E-state index contributed by atoms with van der Waals surface area (Å²) >= 11 is 0. The van der Waals surface area contributed by atoms with E-state index in [1.54, 1.807) is 0 Å². The van der Waals surface area contributed by atoms with E-state index in [4.69, 9.17) is 5.73 Å². The van der Waals surface area contributed by atoms with Crippen molar-refractivity contribution in [2.24, 2.45) is 11.7 Å². The molecule has 152 valence electrons. The van der Waals surface area contributed by atoms with Crippen molar-refractivity contribution in [2.75, 3.05) is 26.2 Å². The molecule has 1 aromatic rings. The number of nitrogens with two attached hydrogens (primary N) is 1. The number of hydrogen-bond donors (Lipinski definition) is 2. The fourth-order valence-electron chi connectivity index (χ4n) is 3.49. The molecule has 0 radical (unpaired) electrons. The van der Waals surface area contributed by atoms with E-state index < -0.39 is 0 Å². The lowest BCUT2D eigenvalue weighted by Crippen LogP contribution is -2.44. The molecule has 6 heteroatoms. The maximum Gasteiger partial charge on any atom is 0.241 e. The van der Waals surface area contributed by atoms with Gasteiger partial charge in [-0.25, -0.2) is 0 Å². The Bertz CT molecular complexity index is 546. The molecule has 1 fully saturated rings. The van der Waals surface area contributed by atoms with Gasteiger partial charge in [0.2, 0.25) is 11.8 Å². The van der Waals surface area contributed by atoms with Gasteiger partial charge in [-0.1, -0.05) is 43.2 Å². The van der Waals surface area contributed by atoms with Gasteiger partial charge >= 0.3 is 0 Å². The first-order valence-electron chi connectivity index (χ1n) is 9.97. The highest BCUT2D eigenvalue weighted by molar-refractivity contribution is 5.85. The molecule has 0 saturated carbocycles. The molecule has 0 aliphatic carbocycles. The Hall–Kier alpha value is -1.59. The zero-order valence-corrected chi connectivity index (χ0v) is 17.0. The van der Waals surface area contributed by atoms with Crippen molar-refractivity contribution < 1.29 is 9.59 Å². The molecule has 5 nitrogen and oxygen atoms in total. The molecular weight excluding hydrogens is 362 g/mol. The van der Waals surface area contributed by atoms with Gasteiger partial charge < -0.3 is 16.0 Å². The van der Waals surface area contributed by atoms with E-state index in [0.29, 0.717) is 18.9 Å². The van der Waals surface area contributed by atoms with Gasteiger partial charge in [-0.05, 0) is 50.1 Å². The number of piperidine rings is 1. The van der Waals surface area contributed by atoms with Crippen LogP contribution in [0.3, 0.4) is 0 Å². The molecule has 27 heavy (non-hydrogen) atoms. The van der Waals surface area contributed by atoms with Gasteiger partial charge in [-0.2, -0.15) is 0 Å². The summed E-state index contributed by atoms with van der Waals surface area (Å²) in [6.45, 7) is 2.43. The molecule has 1 aromatic carbocycles. The number of hydrogen-bond acceptors (Lipinski definition) is 3. The van der Waals surface area contributed by atoms with Crippen molar-refractivity contribution in [3.8, 4) is 0 Å². The molecule has 3 N–H and O–H groups in total. The molecule has 1 saturated heterocycles. The van der Waals surface area contributed by atoms with Gasteiger partial charge in [0.1, 0.15) is 0 Å². The van der Waals surface area contributed by atoms with Gasteiger partial charge in [0.05, 0.1) is 6.54 Å². The van der Waals surface area contributed by atoms with Crippen LogP contribution in [0.4, 0.5) is 0 Å². The highest BCUT2D eigenvalue weighted by Crippen LogP contribution is 2.21. The maximum absolute atomic E-state index is 12.3. The van der Waals surface area contributed by atoms with Crippen molar-refractivity contribution in [2.45, 2.75) is 51.4 Å². The average Bonchev–Trinajstić information content (AvgIpc) is 2.67. The molecule has 1 heterocycles. The van der Waals surface area contributed by atoms with Crippen molar-refractivity contribution in [1.29, 1.82) is 0 Å². The highest BCUT2D eigenvalue weighted by Gasteiger charge is 2.23. The van der Waals surface area contributed by atoms with Crippen LogP contribution in [0.1, 0.15) is 50.5 Å². The monoisotopic (exact) mass is 395 g/mol. The first-order valence-corrected chi connectivity index (χ1v) is 9.97. The highest BCUT2D eigenvalue weighted by atomic mass is 35.5. The van der Waals surface area contributed by atoms with Crippen molar-refractivity contribution >= 4 is 24.2 Å². The predicted octanol–water partition coefficient (Wildman–Crippen LogP) is 2.91. The molecule has 0 spiro atoms. The number of carbonyl (C=O) groups is 2. The van der Waals surface area contributed by atoms with Crippen molar-refractivity contribution in [1.82, 2.24) is 10.2 Å². The SMILES string of the molecule is Cl.NCCCCCCC(=O)NCC(=O)N1CCC(Cc2ccccc2)CC1. The third-order valence-electron chi connectivity index (χ3n) is 5.13. The lowest BCUT2D eigenvalue weighted by Gasteiger charge is -2.32. The molecule has 1 aliphatic rings. The Balaban J connectivity index is 0.00000364. The second kappa shape index (κ2) is 13.6. The smallest absolute Gasteiger partial charge is 0.241 e. The third kappa shape index (κ3) is 9.25. The number of carbonyl (C=O) groups excluding carboxylic acids is 2. The first-order chi connectivity index (χ1) is 12.7. The largest absolute Gasteiger partial charge is 0.347 e. The number of nitrogens with zero attached hydrogens (tertiary/aromatic N) is 1. The van der Waals surface area contributed by atoms with E-state index in [1.165, 1.54) is 5.56 Å². The number of unbranched alkanes of at least 4 members (excludes halogenated alkanes) is 3. The number of halogens is 1. The molecular formula is C21H34ClN3O2. The summed E-state index contributed by atoms with van der Waals surface area (Å²) in [5.74, 6) is 0.661. The number of amides is 2. The summed E-state index contributed by atoms with van der Waals surface area (Å²) in [6.07, 6.45) is 7.63. The molecule has 0 unspecified atom stereocenters. The summed E-state index contributed by atoms with van der Waals surface area (Å²) in [4.78, 5) is 26.0. The topological polar surface area (TPSA) is 75.4 Å². The first kappa shape index (κ1) is 23.4. The van der Waals surface area contributed by atoms with E-state index in [2.05, 4.69) is 29.6 Å². The average molecular weight is 396 g/mol. The Morgan fingerprint density at radius 3 is 2.37 bits per heavy atom. The number of nitrogens with one attached hydrogen (secondary N) is 1. The van der Waals surface area contributed by atoms with Crippen LogP contribution in [0.2, 0.25) is 0 Å². The quantitative estimate of drug-likeness (QED) is 0.598. The molecule has 2 amide bonds. The molecule has 1 aliphatic heterocycles. The van der Waals surface area contributed by atoms with E-state index in [-0.39, 0.29) is 30.8 Å². The van der Waals surface area contributed by atoms with Crippen LogP contribution in [0, 0.1) is 5.92 Å². The van der Waals surface area contributed by atoms with Crippen LogP contribution in [0.25, 0.3) is 0 Å². The Kier molecular flexibility index (Phi) is 11.8. The Morgan fingerprint density at radius 1 is 1.04 bits per heavy atom. The standard InChI is InChI=1S/C21H33N3O2.ClH/c22-13-7-2-1-6-10-20(25)23-17-21(26)24-14-11-19(12-15-24)16-18-8-4-3-5-9-18;/h3-5,8-9,19H,1-2,6-7,10-17,22H2,(H,23,25);1H. The summed E-state index contributed by atoms with van der Waals surface area (Å²) in [5.41, 5.74) is 6.82.